The third kappa shape index (κ3) is 6.39. The molecule has 0 saturated heterocycles. The fraction of sp³-hybridized carbons (Fsp3) is 0.933. The molecule has 4 heteroatoms. The van der Waals surface area contributed by atoms with Gasteiger partial charge < -0.3 is 15.0 Å². The van der Waals surface area contributed by atoms with Crippen LogP contribution in [0.25, 0.3) is 0 Å². The molecule has 0 amide bonds. The lowest BCUT2D eigenvalue weighted by molar-refractivity contribution is -0.145. The number of esters is 1. The molecular weight excluding hydrogens is 240 g/mol. The highest BCUT2D eigenvalue weighted by molar-refractivity contribution is 5.75. The lowest BCUT2D eigenvalue weighted by atomic mass is 10.1. The molecule has 1 atom stereocenters. The molecule has 1 aliphatic rings. The second kappa shape index (κ2) is 8.54. The number of carbonyl (C=O) groups excluding carboxylic acids is 1. The first-order valence-electron chi connectivity index (χ1n) is 7.72. The van der Waals surface area contributed by atoms with E-state index in [2.05, 4.69) is 24.1 Å². The molecule has 0 aliphatic heterocycles. The minimum absolute atomic E-state index is 0.107. The number of hydrogen-bond donors (Lipinski definition) is 1. The number of carbonyl (C=O) groups is 1. The van der Waals surface area contributed by atoms with E-state index in [9.17, 15) is 4.79 Å². The van der Waals surface area contributed by atoms with Crippen LogP contribution in [0.3, 0.4) is 0 Å². The van der Waals surface area contributed by atoms with E-state index in [1.165, 1.54) is 12.8 Å². The zero-order valence-electron chi connectivity index (χ0n) is 12.9. The fourth-order valence-corrected chi connectivity index (χ4v) is 2.42. The summed E-state index contributed by atoms with van der Waals surface area (Å²) in [7, 11) is 0. The summed E-state index contributed by atoms with van der Waals surface area (Å²) in [6, 6.07) is 0.602. The molecule has 0 bridgehead atoms. The average Bonchev–Trinajstić information content (AvgIpc) is 3.16. The van der Waals surface area contributed by atoms with Gasteiger partial charge in [0.25, 0.3) is 0 Å². The molecule has 4 nitrogen and oxygen atoms in total. The van der Waals surface area contributed by atoms with Gasteiger partial charge in [-0.3, -0.25) is 4.79 Å². The lowest BCUT2D eigenvalue weighted by Crippen LogP contribution is -2.42. The van der Waals surface area contributed by atoms with Gasteiger partial charge in [-0.1, -0.05) is 20.8 Å². The highest BCUT2D eigenvalue weighted by atomic mass is 16.5. The van der Waals surface area contributed by atoms with Crippen LogP contribution >= 0.6 is 0 Å². The second-order valence-corrected chi connectivity index (χ2v) is 5.77. The van der Waals surface area contributed by atoms with Crippen molar-refractivity contribution >= 4 is 5.97 Å². The summed E-state index contributed by atoms with van der Waals surface area (Å²) >= 11 is 0. The molecular formula is C15H30N2O2. The average molecular weight is 270 g/mol. The zero-order valence-corrected chi connectivity index (χ0v) is 12.9. The van der Waals surface area contributed by atoms with Gasteiger partial charge in [0, 0.05) is 19.1 Å². The van der Waals surface area contributed by atoms with Crippen LogP contribution in [-0.2, 0) is 9.53 Å². The van der Waals surface area contributed by atoms with Gasteiger partial charge >= 0.3 is 5.97 Å². The van der Waals surface area contributed by atoms with Crippen LogP contribution in [0.1, 0.15) is 47.0 Å². The molecule has 1 unspecified atom stereocenters. The van der Waals surface area contributed by atoms with Crippen LogP contribution < -0.4 is 5.32 Å². The molecule has 1 saturated carbocycles. The van der Waals surface area contributed by atoms with Crippen molar-refractivity contribution in [1.29, 1.82) is 0 Å². The summed E-state index contributed by atoms with van der Waals surface area (Å²) < 4.78 is 5.13. The van der Waals surface area contributed by atoms with Crippen molar-refractivity contribution in [3.05, 3.63) is 0 Å². The molecule has 1 rings (SSSR count). The fourth-order valence-electron chi connectivity index (χ4n) is 2.42. The Hall–Kier alpha value is -0.610. The first kappa shape index (κ1) is 16.4. The first-order valence-corrected chi connectivity index (χ1v) is 7.72. The van der Waals surface area contributed by atoms with Crippen molar-refractivity contribution in [3.63, 3.8) is 0 Å². The largest absolute Gasteiger partial charge is 0.465 e. The molecule has 0 aromatic heterocycles. The quantitative estimate of drug-likeness (QED) is 0.617. The Morgan fingerprint density at radius 3 is 2.53 bits per heavy atom. The SMILES string of the molecule is CCNC(CCN(CC(C)C)C1CC1)C(=O)OCC. The van der Waals surface area contributed by atoms with Crippen LogP contribution in [0.4, 0.5) is 0 Å². The van der Waals surface area contributed by atoms with Crippen LogP contribution in [0, 0.1) is 5.92 Å². The van der Waals surface area contributed by atoms with Crippen molar-refractivity contribution in [2.24, 2.45) is 5.92 Å². The number of rotatable bonds is 10. The van der Waals surface area contributed by atoms with Crippen molar-refractivity contribution in [2.45, 2.75) is 59.0 Å². The molecule has 0 aromatic carbocycles. The highest BCUT2D eigenvalue weighted by Gasteiger charge is 2.30. The molecule has 0 aromatic rings. The van der Waals surface area contributed by atoms with E-state index in [0.29, 0.717) is 12.5 Å². The first-order chi connectivity index (χ1) is 9.08. The predicted octanol–water partition coefficient (Wildman–Crippen LogP) is 2.04. The normalized spacial score (nSPS) is 16.9. The summed E-state index contributed by atoms with van der Waals surface area (Å²) in [4.78, 5) is 14.4. The van der Waals surface area contributed by atoms with E-state index in [4.69, 9.17) is 4.74 Å². The van der Waals surface area contributed by atoms with Gasteiger partial charge in [-0.2, -0.15) is 0 Å². The minimum Gasteiger partial charge on any atom is -0.465 e. The Morgan fingerprint density at radius 1 is 1.37 bits per heavy atom. The topological polar surface area (TPSA) is 41.6 Å². The van der Waals surface area contributed by atoms with Gasteiger partial charge in [0.05, 0.1) is 6.61 Å². The van der Waals surface area contributed by atoms with Gasteiger partial charge in [-0.25, -0.2) is 0 Å². The van der Waals surface area contributed by atoms with E-state index < -0.39 is 0 Å². The van der Waals surface area contributed by atoms with E-state index >= 15 is 0 Å². The minimum atomic E-state index is -0.154. The summed E-state index contributed by atoms with van der Waals surface area (Å²) in [6.07, 6.45) is 3.48. The van der Waals surface area contributed by atoms with E-state index in [-0.39, 0.29) is 12.0 Å². The Bertz CT molecular complexity index is 265. The zero-order chi connectivity index (χ0) is 14.3. The maximum Gasteiger partial charge on any atom is 0.323 e. The van der Waals surface area contributed by atoms with E-state index in [1.807, 2.05) is 13.8 Å². The lowest BCUT2D eigenvalue weighted by Gasteiger charge is -2.26. The molecule has 0 heterocycles. The summed E-state index contributed by atoms with van der Waals surface area (Å²) in [5.74, 6) is 0.574. The number of ether oxygens (including phenoxy) is 1. The molecule has 1 N–H and O–H groups in total. The van der Waals surface area contributed by atoms with Gasteiger partial charge in [0.15, 0.2) is 0 Å². The van der Waals surface area contributed by atoms with Crippen LogP contribution in [0.15, 0.2) is 0 Å². The Labute approximate surface area is 117 Å². The molecule has 112 valence electrons. The molecule has 1 fully saturated rings. The maximum atomic E-state index is 11.9. The van der Waals surface area contributed by atoms with Gasteiger partial charge in [-0.05, 0) is 38.6 Å². The van der Waals surface area contributed by atoms with Crippen molar-refractivity contribution in [1.82, 2.24) is 10.2 Å². The third-order valence-corrected chi connectivity index (χ3v) is 3.39. The smallest absolute Gasteiger partial charge is 0.323 e. The molecule has 0 spiro atoms. The van der Waals surface area contributed by atoms with Crippen LogP contribution in [0.5, 0.6) is 0 Å². The van der Waals surface area contributed by atoms with E-state index in [1.54, 1.807) is 0 Å². The van der Waals surface area contributed by atoms with Crippen molar-refractivity contribution < 1.29 is 9.53 Å². The van der Waals surface area contributed by atoms with Crippen LogP contribution in [0.2, 0.25) is 0 Å². The van der Waals surface area contributed by atoms with E-state index in [0.717, 1.165) is 32.1 Å². The summed E-state index contributed by atoms with van der Waals surface area (Å²) in [5.41, 5.74) is 0. The van der Waals surface area contributed by atoms with Gasteiger partial charge in [-0.15, -0.1) is 0 Å². The molecule has 0 radical (unpaired) electrons. The third-order valence-electron chi connectivity index (χ3n) is 3.39. The Morgan fingerprint density at radius 2 is 2.05 bits per heavy atom. The molecule has 19 heavy (non-hydrogen) atoms. The van der Waals surface area contributed by atoms with Crippen LogP contribution in [-0.4, -0.2) is 49.2 Å². The maximum absolute atomic E-state index is 11.9. The standard InChI is InChI=1S/C15H30N2O2/c1-5-16-14(15(18)19-6-2)9-10-17(11-12(3)4)13-7-8-13/h12-14,16H,5-11H2,1-4H3. The number of nitrogens with one attached hydrogen (secondary N) is 1. The number of hydrogen-bond acceptors (Lipinski definition) is 4. The molecule has 1 aliphatic carbocycles. The second-order valence-electron chi connectivity index (χ2n) is 5.77. The van der Waals surface area contributed by atoms with Gasteiger partial charge in [0.2, 0.25) is 0 Å². The summed E-state index contributed by atoms with van der Waals surface area (Å²) in [6.45, 7) is 11.8. The Balaban J connectivity index is 2.41. The summed E-state index contributed by atoms with van der Waals surface area (Å²) in [5, 5.41) is 3.23. The van der Waals surface area contributed by atoms with Gasteiger partial charge in [0.1, 0.15) is 6.04 Å². The van der Waals surface area contributed by atoms with Crippen molar-refractivity contribution in [3.8, 4) is 0 Å². The monoisotopic (exact) mass is 270 g/mol. The Kier molecular flexibility index (Phi) is 7.39. The predicted molar refractivity (Wildman–Crippen MR) is 78.1 cm³/mol. The van der Waals surface area contributed by atoms with Crippen molar-refractivity contribution in [2.75, 3.05) is 26.2 Å². The highest BCUT2D eigenvalue weighted by Crippen LogP contribution is 2.27. The number of nitrogens with zero attached hydrogens (tertiary/aromatic N) is 1. The number of likely N-dealkylation sites (N-methyl/N-ethyl adjacent to an activating group) is 1.